The third kappa shape index (κ3) is 1.26. The van der Waals surface area contributed by atoms with E-state index in [4.69, 9.17) is 15.5 Å². The van der Waals surface area contributed by atoms with Gasteiger partial charge in [-0.1, -0.05) is 12.2 Å². The van der Waals surface area contributed by atoms with E-state index in [0.717, 1.165) is 11.3 Å². The Morgan fingerprint density at radius 2 is 2.25 bits per heavy atom. The quantitative estimate of drug-likeness (QED) is 0.466. The van der Waals surface area contributed by atoms with Crippen LogP contribution in [-0.4, -0.2) is 6.61 Å². The molecular formula is C9H9NO2. The summed E-state index contributed by atoms with van der Waals surface area (Å²) in [5.74, 6) is 0.706. The molecule has 1 aromatic carbocycles. The number of nitrogens with two attached hydrogens (primary N) is 1. The average molecular weight is 163 g/mol. The van der Waals surface area contributed by atoms with Crippen LogP contribution in [0.5, 0.6) is 5.75 Å². The molecule has 0 amide bonds. The topological polar surface area (TPSA) is 44.5 Å². The van der Waals surface area contributed by atoms with Crippen molar-refractivity contribution in [3.63, 3.8) is 0 Å². The maximum absolute atomic E-state index is 5.60. The molecule has 2 rings (SSSR count). The molecule has 1 aliphatic heterocycles. The number of fused-ring (bicyclic) bond motifs is 1. The lowest BCUT2D eigenvalue weighted by molar-refractivity contribution is -0.194. The predicted molar refractivity (Wildman–Crippen MR) is 46.5 cm³/mol. The molecule has 0 radical (unpaired) electrons. The van der Waals surface area contributed by atoms with E-state index in [1.807, 2.05) is 18.2 Å². The lowest BCUT2D eigenvalue weighted by atomic mass is 10.1. The first-order valence-electron chi connectivity index (χ1n) is 3.72. The van der Waals surface area contributed by atoms with Gasteiger partial charge in [-0.2, -0.15) is 4.89 Å². The monoisotopic (exact) mass is 163 g/mol. The van der Waals surface area contributed by atoms with Crippen LogP contribution < -0.4 is 10.6 Å². The van der Waals surface area contributed by atoms with Gasteiger partial charge in [-0.15, -0.1) is 0 Å². The Kier molecular flexibility index (Phi) is 1.72. The van der Waals surface area contributed by atoms with Crippen molar-refractivity contribution in [1.29, 1.82) is 0 Å². The number of nitrogen functional groups attached to an aromatic ring is 1. The second kappa shape index (κ2) is 2.87. The highest BCUT2D eigenvalue weighted by Crippen LogP contribution is 2.24. The molecule has 0 aromatic heterocycles. The predicted octanol–water partition coefficient (Wildman–Crippen LogP) is 1.61. The normalized spacial score (nSPS) is 14.7. The molecule has 0 atom stereocenters. The molecule has 12 heavy (non-hydrogen) atoms. The van der Waals surface area contributed by atoms with Crippen LogP contribution in [-0.2, 0) is 4.89 Å². The molecule has 1 aliphatic rings. The van der Waals surface area contributed by atoms with Crippen molar-refractivity contribution in [3.8, 4) is 5.75 Å². The van der Waals surface area contributed by atoms with Crippen molar-refractivity contribution in [3.05, 3.63) is 29.8 Å². The Bertz CT molecular complexity index is 320. The van der Waals surface area contributed by atoms with Crippen molar-refractivity contribution in [2.75, 3.05) is 12.3 Å². The van der Waals surface area contributed by atoms with E-state index < -0.39 is 0 Å². The Labute approximate surface area is 70.3 Å². The first-order valence-corrected chi connectivity index (χ1v) is 3.72. The maximum atomic E-state index is 5.60. The zero-order valence-electron chi connectivity index (χ0n) is 6.49. The molecular weight excluding hydrogens is 154 g/mol. The van der Waals surface area contributed by atoms with Crippen molar-refractivity contribution < 1.29 is 9.78 Å². The smallest absolute Gasteiger partial charge is 0.172 e. The minimum Gasteiger partial charge on any atom is -0.399 e. The fourth-order valence-corrected chi connectivity index (χ4v) is 1.08. The summed E-state index contributed by atoms with van der Waals surface area (Å²) in [5.41, 5.74) is 7.28. The number of hydrogen-bond acceptors (Lipinski definition) is 3. The molecule has 1 aromatic rings. The lowest BCUT2D eigenvalue weighted by Crippen LogP contribution is -1.95. The third-order valence-electron chi connectivity index (χ3n) is 1.64. The lowest BCUT2D eigenvalue weighted by Gasteiger charge is -2.03. The third-order valence-corrected chi connectivity index (χ3v) is 1.64. The Hall–Kier alpha value is -1.48. The summed E-state index contributed by atoms with van der Waals surface area (Å²) in [6, 6.07) is 5.42. The first kappa shape index (κ1) is 7.18. The standard InChI is InChI=1S/C9H9NO2/c10-8-3-4-9-7(6-8)2-1-5-11-12-9/h1-4,6H,5,10H2. The van der Waals surface area contributed by atoms with Crippen molar-refractivity contribution in [2.24, 2.45) is 0 Å². The van der Waals surface area contributed by atoms with Crippen LogP contribution in [0.1, 0.15) is 5.56 Å². The summed E-state index contributed by atoms with van der Waals surface area (Å²) in [7, 11) is 0. The van der Waals surface area contributed by atoms with Crippen LogP contribution in [0, 0.1) is 0 Å². The molecule has 0 fully saturated rings. The van der Waals surface area contributed by atoms with Gasteiger partial charge in [0.05, 0.1) is 0 Å². The van der Waals surface area contributed by atoms with Gasteiger partial charge in [-0.25, -0.2) is 0 Å². The van der Waals surface area contributed by atoms with Gasteiger partial charge in [0.1, 0.15) is 6.61 Å². The van der Waals surface area contributed by atoms with Crippen molar-refractivity contribution in [1.82, 2.24) is 0 Å². The molecule has 62 valence electrons. The van der Waals surface area contributed by atoms with Crippen LogP contribution in [0.15, 0.2) is 24.3 Å². The van der Waals surface area contributed by atoms with Crippen LogP contribution in [0.2, 0.25) is 0 Å². The minimum absolute atomic E-state index is 0.467. The van der Waals surface area contributed by atoms with Gasteiger partial charge in [-0.05, 0) is 18.2 Å². The zero-order chi connectivity index (χ0) is 8.39. The molecule has 2 N–H and O–H groups in total. The summed E-state index contributed by atoms with van der Waals surface area (Å²) in [4.78, 5) is 9.82. The van der Waals surface area contributed by atoms with E-state index in [-0.39, 0.29) is 0 Å². The largest absolute Gasteiger partial charge is 0.399 e. The second-order valence-electron chi connectivity index (χ2n) is 2.57. The molecule has 0 saturated heterocycles. The Morgan fingerprint density at radius 1 is 1.33 bits per heavy atom. The van der Waals surface area contributed by atoms with Gasteiger partial charge in [0.25, 0.3) is 0 Å². The molecule has 1 heterocycles. The van der Waals surface area contributed by atoms with E-state index in [2.05, 4.69) is 0 Å². The Balaban J connectivity index is 2.47. The minimum atomic E-state index is 0.467. The Morgan fingerprint density at radius 3 is 3.17 bits per heavy atom. The van der Waals surface area contributed by atoms with Gasteiger partial charge in [0.15, 0.2) is 5.75 Å². The van der Waals surface area contributed by atoms with Crippen LogP contribution in [0.25, 0.3) is 6.08 Å². The van der Waals surface area contributed by atoms with Gasteiger partial charge in [0.2, 0.25) is 0 Å². The number of anilines is 1. The fourth-order valence-electron chi connectivity index (χ4n) is 1.08. The summed E-state index contributed by atoms with van der Waals surface area (Å²) < 4.78 is 0. The molecule has 0 spiro atoms. The fraction of sp³-hybridized carbons (Fsp3) is 0.111. The zero-order valence-corrected chi connectivity index (χ0v) is 6.49. The summed E-state index contributed by atoms with van der Waals surface area (Å²) in [6.45, 7) is 0.467. The van der Waals surface area contributed by atoms with E-state index in [9.17, 15) is 0 Å². The molecule has 3 nitrogen and oxygen atoms in total. The maximum Gasteiger partial charge on any atom is 0.172 e. The van der Waals surface area contributed by atoms with E-state index in [0.29, 0.717) is 12.4 Å². The molecule has 0 bridgehead atoms. The second-order valence-corrected chi connectivity index (χ2v) is 2.57. The molecule has 3 heteroatoms. The SMILES string of the molecule is Nc1ccc2c(c1)C=CCOO2. The molecule has 0 aliphatic carbocycles. The summed E-state index contributed by atoms with van der Waals surface area (Å²) in [6.07, 6.45) is 3.81. The number of benzene rings is 1. The van der Waals surface area contributed by atoms with Gasteiger partial charge >= 0.3 is 0 Å². The van der Waals surface area contributed by atoms with Crippen LogP contribution in [0.3, 0.4) is 0 Å². The molecule has 0 saturated carbocycles. The van der Waals surface area contributed by atoms with E-state index >= 15 is 0 Å². The van der Waals surface area contributed by atoms with Crippen LogP contribution >= 0.6 is 0 Å². The molecule has 0 unspecified atom stereocenters. The van der Waals surface area contributed by atoms with Crippen molar-refractivity contribution in [2.45, 2.75) is 0 Å². The number of hydrogen-bond donors (Lipinski definition) is 1. The van der Waals surface area contributed by atoms with Gasteiger partial charge < -0.3 is 10.6 Å². The average Bonchev–Trinajstić information content (AvgIpc) is 2.28. The highest BCUT2D eigenvalue weighted by Gasteiger charge is 2.04. The van der Waals surface area contributed by atoms with Gasteiger partial charge in [-0.3, -0.25) is 0 Å². The summed E-state index contributed by atoms with van der Waals surface area (Å²) >= 11 is 0. The highest BCUT2D eigenvalue weighted by molar-refractivity contribution is 5.62. The van der Waals surface area contributed by atoms with E-state index in [1.165, 1.54) is 0 Å². The highest BCUT2D eigenvalue weighted by atomic mass is 17.2. The van der Waals surface area contributed by atoms with Crippen molar-refractivity contribution >= 4 is 11.8 Å². The van der Waals surface area contributed by atoms with E-state index in [1.54, 1.807) is 12.1 Å². The van der Waals surface area contributed by atoms with Gasteiger partial charge in [0, 0.05) is 11.3 Å². The number of rotatable bonds is 0. The summed E-state index contributed by atoms with van der Waals surface area (Å²) in [5, 5.41) is 0. The first-order chi connectivity index (χ1) is 5.86. The van der Waals surface area contributed by atoms with Crippen LogP contribution in [0.4, 0.5) is 5.69 Å².